The Kier molecular flexibility index (Phi) is 4.58. The zero-order valence-electron chi connectivity index (χ0n) is 15.9. The van der Waals surface area contributed by atoms with Crippen LogP contribution in [0.5, 0.6) is 0 Å². The zero-order chi connectivity index (χ0) is 20.2. The summed E-state index contributed by atoms with van der Waals surface area (Å²) >= 11 is 5.95. The fraction of sp³-hybridized carbons (Fsp3) is 0.500. The first kappa shape index (κ1) is 19.2. The van der Waals surface area contributed by atoms with Crippen molar-refractivity contribution in [3.05, 3.63) is 40.5 Å². The molecule has 2 aromatic rings. The number of aromatic nitrogens is 2. The van der Waals surface area contributed by atoms with Gasteiger partial charge in [-0.15, -0.1) is 0 Å². The van der Waals surface area contributed by atoms with Gasteiger partial charge in [-0.05, 0) is 37.0 Å². The normalized spacial score (nSPS) is 23.8. The van der Waals surface area contributed by atoms with Crippen molar-refractivity contribution in [2.45, 2.75) is 41.7 Å². The molecule has 0 radical (unpaired) electrons. The van der Waals surface area contributed by atoms with Crippen LogP contribution in [0.1, 0.15) is 30.5 Å². The van der Waals surface area contributed by atoms with E-state index < -0.39 is 16.4 Å². The number of hydrogen-bond donors (Lipinski definition) is 3. The Labute approximate surface area is 176 Å². The predicted molar refractivity (Wildman–Crippen MR) is 112 cm³/mol. The summed E-state index contributed by atoms with van der Waals surface area (Å²) < 4.78 is 12.5. The fourth-order valence-corrected chi connectivity index (χ4v) is 5.69. The number of aliphatic hydroxyl groups is 2. The molecule has 29 heavy (non-hydrogen) atoms. The SMILES string of the molecule is O=[S@]1CCc2nc(N3CC(O)(c4ccc(Cl)cc4)C3)nc(NC3(CO)CCC3)c21. The molecule has 2 aliphatic heterocycles. The van der Waals surface area contributed by atoms with Crippen LogP contribution in [0.4, 0.5) is 11.8 Å². The third kappa shape index (κ3) is 3.22. The highest BCUT2D eigenvalue weighted by Crippen LogP contribution is 2.40. The molecule has 1 saturated carbocycles. The molecule has 0 unspecified atom stereocenters. The van der Waals surface area contributed by atoms with Crippen LogP contribution in [0.3, 0.4) is 0 Å². The number of hydrogen-bond acceptors (Lipinski definition) is 7. The van der Waals surface area contributed by atoms with Gasteiger partial charge in [-0.25, -0.2) is 4.98 Å². The maximum absolute atomic E-state index is 12.5. The molecular weight excluding hydrogens is 412 g/mol. The van der Waals surface area contributed by atoms with Crippen LogP contribution in [0.2, 0.25) is 5.02 Å². The Morgan fingerprint density at radius 2 is 1.93 bits per heavy atom. The Hall–Kier alpha value is -1.74. The summed E-state index contributed by atoms with van der Waals surface area (Å²) in [6.45, 7) is 0.774. The van der Waals surface area contributed by atoms with Gasteiger partial charge in [0.2, 0.25) is 5.95 Å². The molecule has 0 bridgehead atoms. The molecule has 0 amide bonds. The van der Waals surface area contributed by atoms with E-state index in [0.717, 1.165) is 30.5 Å². The van der Waals surface area contributed by atoms with Gasteiger partial charge < -0.3 is 20.4 Å². The first-order valence-electron chi connectivity index (χ1n) is 9.83. The van der Waals surface area contributed by atoms with E-state index in [4.69, 9.17) is 11.6 Å². The number of nitrogens with zero attached hydrogens (tertiary/aromatic N) is 3. The number of benzene rings is 1. The summed E-state index contributed by atoms with van der Waals surface area (Å²) in [5.41, 5.74) is 0.257. The minimum absolute atomic E-state index is 0.0216. The van der Waals surface area contributed by atoms with Crippen molar-refractivity contribution >= 4 is 34.2 Å². The quantitative estimate of drug-likeness (QED) is 0.660. The highest BCUT2D eigenvalue weighted by molar-refractivity contribution is 7.85. The summed E-state index contributed by atoms with van der Waals surface area (Å²) in [5.74, 6) is 1.64. The second kappa shape index (κ2) is 6.91. The van der Waals surface area contributed by atoms with E-state index in [1.807, 2.05) is 17.0 Å². The van der Waals surface area contributed by atoms with Crippen LogP contribution in [0.15, 0.2) is 29.2 Å². The summed E-state index contributed by atoms with van der Waals surface area (Å²) in [5, 5.41) is 24.8. The topological polar surface area (TPSA) is 98.6 Å². The highest BCUT2D eigenvalue weighted by atomic mass is 35.5. The summed E-state index contributed by atoms with van der Waals surface area (Å²) in [6.07, 6.45) is 3.43. The molecule has 1 saturated heterocycles. The van der Waals surface area contributed by atoms with Crippen molar-refractivity contribution < 1.29 is 14.4 Å². The number of fused-ring (bicyclic) bond motifs is 1. The second-order valence-corrected chi connectivity index (χ2v) is 10.2. The fourth-order valence-electron chi connectivity index (χ4n) is 4.26. The van der Waals surface area contributed by atoms with E-state index in [0.29, 0.717) is 46.9 Å². The number of β-amino-alcohol motifs (C(OH)–C–C–N with tert-alkyl or cyclic N) is 1. The molecule has 154 valence electrons. The molecule has 2 fully saturated rings. The lowest BCUT2D eigenvalue weighted by atomic mass is 9.77. The summed E-state index contributed by atoms with van der Waals surface area (Å²) in [7, 11) is -1.13. The lowest BCUT2D eigenvalue weighted by Crippen LogP contribution is -2.60. The van der Waals surface area contributed by atoms with Crippen molar-refractivity contribution in [3.63, 3.8) is 0 Å². The zero-order valence-corrected chi connectivity index (χ0v) is 17.5. The Morgan fingerprint density at radius 3 is 2.55 bits per heavy atom. The van der Waals surface area contributed by atoms with Gasteiger partial charge in [0, 0.05) is 17.2 Å². The van der Waals surface area contributed by atoms with E-state index in [9.17, 15) is 14.4 Å². The molecule has 5 rings (SSSR count). The van der Waals surface area contributed by atoms with Gasteiger partial charge in [0.1, 0.15) is 16.3 Å². The number of aliphatic hydroxyl groups excluding tert-OH is 1. The summed E-state index contributed by atoms with van der Waals surface area (Å²) in [4.78, 5) is 11.9. The van der Waals surface area contributed by atoms with Crippen molar-refractivity contribution in [2.24, 2.45) is 0 Å². The third-order valence-electron chi connectivity index (χ3n) is 6.24. The Balaban J connectivity index is 1.42. The molecule has 0 spiro atoms. The molecule has 1 aliphatic carbocycles. The van der Waals surface area contributed by atoms with E-state index in [-0.39, 0.29) is 12.1 Å². The van der Waals surface area contributed by atoms with Gasteiger partial charge in [0.15, 0.2) is 0 Å². The summed E-state index contributed by atoms with van der Waals surface area (Å²) in [6, 6.07) is 7.21. The van der Waals surface area contributed by atoms with Gasteiger partial charge in [0.05, 0.1) is 41.7 Å². The maximum Gasteiger partial charge on any atom is 0.227 e. The average molecular weight is 435 g/mol. The number of aryl methyl sites for hydroxylation is 1. The molecule has 3 heterocycles. The molecular formula is C20H23ClN4O3S. The molecule has 3 aliphatic rings. The molecule has 3 N–H and O–H groups in total. The lowest BCUT2D eigenvalue weighted by Gasteiger charge is -2.47. The number of anilines is 2. The largest absolute Gasteiger partial charge is 0.394 e. The van der Waals surface area contributed by atoms with Crippen LogP contribution in [0.25, 0.3) is 0 Å². The average Bonchev–Trinajstić information content (AvgIpc) is 3.03. The molecule has 7 nitrogen and oxygen atoms in total. The minimum Gasteiger partial charge on any atom is -0.394 e. The minimum atomic E-state index is -1.13. The first-order chi connectivity index (χ1) is 13.9. The van der Waals surface area contributed by atoms with Crippen molar-refractivity contribution in [3.8, 4) is 0 Å². The van der Waals surface area contributed by atoms with Gasteiger partial charge in [-0.2, -0.15) is 4.98 Å². The lowest BCUT2D eigenvalue weighted by molar-refractivity contribution is 0.00651. The van der Waals surface area contributed by atoms with Gasteiger partial charge >= 0.3 is 0 Å². The van der Waals surface area contributed by atoms with Crippen molar-refractivity contribution in [1.29, 1.82) is 0 Å². The van der Waals surface area contributed by atoms with E-state index >= 15 is 0 Å². The predicted octanol–water partition coefficient (Wildman–Crippen LogP) is 1.83. The smallest absolute Gasteiger partial charge is 0.227 e. The Bertz CT molecular complexity index is 969. The van der Waals surface area contributed by atoms with Crippen LogP contribution in [0, 0.1) is 0 Å². The molecule has 1 aromatic carbocycles. The van der Waals surface area contributed by atoms with E-state index in [1.54, 1.807) is 12.1 Å². The van der Waals surface area contributed by atoms with Crippen molar-refractivity contribution in [1.82, 2.24) is 9.97 Å². The van der Waals surface area contributed by atoms with Crippen LogP contribution in [-0.2, 0) is 22.8 Å². The highest BCUT2D eigenvalue weighted by Gasteiger charge is 2.45. The maximum atomic E-state index is 12.5. The standard InChI is InChI=1S/C20H23ClN4O3S/c21-14-4-2-13(3-5-14)20(27)10-25(11-20)18-22-15-6-9-29(28)16(15)17(23-18)24-19(12-26)7-1-8-19/h2-5,26-27H,1,6-12H2,(H,22,23,24)/t29-/m0/s1. The first-order valence-corrected chi connectivity index (χ1v) is 11.5. The second-order valence-electron chi connectivity index (χ2n) is 8.26. The Morgan fingerprint density at radius 1 is 1.21 bits per heavy atom. The number of halogens is 1. The molecule has 1 atom stereocenters. The van der Waals surface area contributed by atoms with Crippen LogP contribution in [-0.4, -0.2) is 55.4 Å². The van der Waals surface area contributed by atoms with Gasteiger partial charge in [-0.1, -0.05) is 23.7 Å². The number of nitrogens with one attached hydrogen (secondary N) is 1. The van der Waals surface area contributed by atoms with Crippen molar-refractivity contribution in [2.75, 3.05) is 35.7 Å². The third-order valence-corrected chi connectivity index (χ3v) is 7.95. The van der Waals surface area contributed by atoms with E-state index in [2.05, 4.69) is 15.3 Å². The monoisotopic (exact) mass is 434 g/mol. The van der Waals surface area contributed by atoms with E-state index in [1.165, 1.54) is 0 Å². The molecule has 1 aromatic heterocycles. The number of rotatable bonds is 5. The molecule has 9 heteroatoms. The van der Waals surface area contributed by atoms with Gasteiger partial charge in [-0.3, -0.25) is 4.21 Å². The van der Waals surface area contributed by atoms with Gasteiger partial charge in [0.25, 0.3) is 0 Å². The van der Waals surface area contributed by atoms with Crippen LogP contribution >= 0.6 is 11.6 Å². The van der Waals surface area contributed by atoms with Crippen LogP contribution < -0.4 is 10.2 Å².